The second kappa shape index (κ2) is 7.64. The molecule has 1 fully saturated rings. The van der Waals surface area contributed by atoms with Crippen LogP contribution in [0.25, 0.3) is 0 Å². The number of rotatable bonds is 4. The van der Waals surface area contributed by atoms with E-state index in [1.807, 2.05) is 18.2 Å². The molecule has 21 heavy (non-hydrogen) atoms. The van der Waals surface area contributed by atoms with Crippen LogP contribution in [-0.2, 0) is 16.0 Å². The van der Waals surface area contributed by atoms with Gasteiger partial charge in [0.25, 0.3) is 0 Å². The number of benzene rings is 1. The van der Waals surface area contributed by atoms with Crippen molar-refractivity contribution in [3.63, 3.8) is 0 Å². The molecule has 6 nitrogen and oxygen atoms in total. The van der Waals surface area contributed by atoms with Crippen molar-refractivity contribution >= 4 is 17.6 Å². The number of nitrogens with two attached hydrogens (primary N) is 1. The quantitative estimate of drug-likeness (QED) is 0.636. The van der Waals surface area contributed by atoms with Gasteiger partial charge in [-0.25, -0.2) is 4.99 Å². The van der Waals surface area contributed by atoms with Crippen molar-refractivity contribution in [3.05, 3.63) is 29.8 Å². The number of morpholine rings is 1. The first-order valence-electron chi connectivity index (χ1n) is 7.20. The van der Waals surface area contributed by atoms with Crippen LogP contribution < -0.4 is 11.1 Å². The predicted molar refractivity (Wildman–Crippen MR) is 83.3 cm³/mol. The van der Waals surface area contributed by atoms with Gasteiger partial charge in [-0.05, 0) is 24.1 Å². The monoisotopic (exact) mass is 290 g/mol. The van der Waals surface area contributed by atoms with Gasteiger partial charge < -0.3 is 20.7 Å². The lowest BCUT2D eigenvalue weighted by Crippen LogP contribution is -2.42. The first-order chi connectivity index (χ1) is 10.2. The second-order valence-electron chi connectivity index (χ2n) is 4.87. The van der Waals surface area contributed by atoms with Crippen molar-refractivity contribution in [3.8, 4) is 0 Å². The van der Waals surface area contributed by atoms with Gasteiger partial charge in [0, 0.05) is 18.8 Å². The van der Waals surface area contributed by atoms with Crippen molar-refractivity contribution in [1.82, 2.24) is 4.90 Å². The van der Waals surface area contributed by atoms with E-state index in [1.54, 1.807) is 4.90 Å². The summed E-state index contributed by atoms with van der Waals surface area (Å²) in [6.07, 6.45) is 0.960. The Kier molecular flexibility index (Phi) is 5.57. The van der Waals surface area contributed by atoms with E-state index in [9.17, 15) is 4.79 Å². The number of guanidine groups is 1. The molecule has 1 saturated heterocycles. The number of aryl methyl sites for hydroxylation is 1. The number of hydrogen-bond acceptors (Lipinski definition) is 3. The van der Waals surface area contributed by atoms with Crippen LogP contribution in [0.15, 0.2) is 29.3 Å². The average molecular weight is 290 g/mol. The molecule has 1 amide bonds. The molecule has 0 unspecified atom stereocenters. The molecule has 0 aliphatic carbocycles. The van der Waals surface area contributed by atoms with Crippen molar-refractivity contribution in [2.75, 3.05) is 38.2 Å². The summed E-state index contributed by atoms with van der Waals surface area (Å²) in [6, 6.07) is 7.96. The summed E-state index contributed by atoms with van der Waals surface area (Å²) in [7, 11) is 0. The number of aliphatic imine (C=N–C) groups is 1. The standard InChI is InChI=1S/C15H22N4O2/c1-2-12-4-3-5-13(10-12)18-15(16)17-11-14(20)19-6-8-21-9-7-19/h3-5,10H,2,6-9,11H2,1H3,(H3,16,17,18). The summed E-state index contributed by atoms with van der Waals surface area (Å²) in [4.78, 5) is 17.8. The smallest absolute Gasteiger partial charge is 0.244 e. The summed E-state index contributed by atoms with van der Waals surface area (Å²) in [5.74, 6) is 0.232. The molecule has 0 bridgehead atoms. The highest BCUT2D eigenvalue weighted by Crippen LogP contribution is 2.10. The molecule has 0 spiro atoms. The Balaban J connectivity index is 1.86. The highest BCUT2D eigenvalue weighted by Gasteiger charge is 2.15. The molecule has 1 aliphatic rings. The van der Waals surface area contributed by atoms with Gasteiger partial charge in [-0.2, -0.15) is 0 Å². The van der Waals surface area contributed by atoms with Gasteiger partial charge in [0.05, 0.1) is 13.2 Å². The zero-order chi connectivity index (χ0) is 15.1. The Hall–Kier alpha value is -2.08. The summed E-state index contributed by atoms with van der Waals surface area (Å²) in [5.41, 5.74) is 7.92. The molecule has 2 rings (SSSR count). The van der Waals surface area contributed by atoms with Gasteiger partial charge in [0.2, 0.25) is 5.91 Å². The lowest BCUT2D eigenvalue weighted by Gasteiger charge is -2.26. The van der Waals surface area contributed by atoms with Crippen LogP contribution >= 0.6 is 0 Å². The molecule has 1 aliphatic heterocycles. The van der Waals surface area contributed by atoms with Crippen LogP contribution in [0, 0.1) is 0 Å². The summed E-state index contributed by atoms with van der Waals surface area (Å²) in [5, 5.41) is 3.01. The second-order valence-corrected chi connectivity index (χ2v) is 4.87. The average Bonchev–Trinajstić information content (AvgIpc) is 2.53. The number of hydrogen-bond donors (Lipinski definition) is 2. The number of nitrogens with one attached hydrogen (secondary N) is 1. The van der Waals surface area contributed by atoms with E-state index < -0.39 is 0 Å². The summed E-state index contributed by atoms with van der Waals surface area (Å²) in [6.45, 7) is 4.59. The van der Waals surface area contributed by atoms with Gasteiger partial charge in [-0.15, -0.1) is 0 Å². The molecule has 6 heteroatoms. The number of carbonyl (C=O) groups excluding carboxylic acids is 1. The first-order valence-corrected chi connectivity index (χ1v) is 7.20. The maximum Gasteiger partial charge on any atom is 0.244 e. The lowest BCUT2D eigenvalue weighted by atomic mass is 10.1. The predicted octanol–water partition coefficient (Wildman–Crippen LogP) is 0.834. The molecule has 0 saturated carbocycles. The molecule has 0 radical (unpaired) electrons. The van der Waals surface area contributed by atoms with E-state index in [0.29, 0.717) is 26.3 Å². The van der Waals surface area contributed by atoms with Gasteiger partial charge in [-0.1, -0.05) is 19.1 Å². The Morgan fingerprint density at radius 3 is 2.90 bits per heavy atom. The molecule has 1 aromatic carbocycles. The van der Waals surface area contributed by atoms with Crippen LogP contribution in [0.3, 0.4) is 0 Å². The van der Waals surface area contributed by atoms with E-state index in [4.69, 9.17) is 10.5 Å². The summed E-state index contributed by atoms with van der Waals surface area (Å²) < 4.78 is 5.21. The maximum absolute atomic E-state index is 11.9. The Bertz CT molecular complexity index is 510. The zero-order valence-corrected chi connectivity index (χ0v) is 12.3. The van der Waals surface area contributed by atoms with Crippen molar-refractivity contribution in [2.45, 2.75) is 13.3 Å². The van der Waals surface area contributed by atoms with E-state index in [0.717, 1.165) is 12.1 Å². The molecule has 1 aromatic rings. The first kappa shape index (κ1) is 15.3. The van der Waals surface area contributed by atoms with Crippen LogP contribution in [0.2, 0.25) is 0 Å². The Morgan fingerprint density at radius 2 is 2.19 bits per heavy atom. The van der Waals surface area contributed by atoms with Gasteiger partial charge in [0.15, 0.2) is 5.96 Å². The Morgan fingerprint density at radius 1 is 1.43 bits per heavy atom. The van der Waals surface area contributed by atoms with E-state index >= 15 is 0 Å². The van der Waals surface area contributed by atoms with Crippen molar-refractivity contribution < 1.29 is 9.53 Å². The number of carbonyl (C=O) groups is 1. The lowest BCUT2D eigenvalue weighted by molar-refractivity contribution is -0.133. The number of ether oxygens (including phenoxy) is 1. The van der Waals surface area contributed by atoms with Crippen molar-refractivity contribution in [1.29, 1.82) is 0 Å². The molecule has 1 heterocycles. The third-order valence-electron chi connectivity index (χ3n) is 3.36. The molecule has 3 N–H and O–H groups in total. The fourth-order valence-corrected chi connectivity index (χ4v) is 2.12. The van der Waals surface area contributed by atoms with E-state index in [1.165, 1.54) is 5.56 Å². The van der Waals surface area contributed by atoms with E-state index in [-0.39, 0.29) is 18.4 Å². The Labute approximate surface area is 125 Å². The molecular weight excluding hydrogens is 268 g/mol. The topological polar surface area (TPSA) is 79.9 Å². The fraction of sp³-hybridized carbons (Fsp3) is 0.467. The molecule has 0 aromatic heterocycles. The highest BCUT2D eigenvalue weighted by molar-refractivity contribution is 5.93. The van der Waals surface area contributed by atoms with E-state index in [2.05, 4.69) is 23.3 Å². The van der Waals surface area contributed by atoms with Crippen LogP contribution in [-0.4, -0.2) is 49.6 Å². The minimum absolute atomic E-state index is 0.0228. The fourth-order valence-electron chi connectivity index (χ4n) is 2.12. The highest BCUT2D eigenvalue weighted by atomic mass is 16.5. The maximum atomic E-state index is 11.9. The molecular formula is C15H22N4O2. The van der Waals surface area contributed by atoms with Gasteiger partial charge in [-0.3, -0.25) is 4.79 Å². The zero-order valence-electron chi connectivity index (χ0n) is 12.3. The largest absolute Gasteiger partial charge is 0.378 e. The minimum atomic E-state index is -0.0228. The van der Waals surface area contributed by atoms with Crippen molar-refractivity contribution in [2.24, 2.45) is 10.7 Å². The normalized spacial score (nSPS) is 15.9. The van der Waals surface area contributed by atoms with Gasteiger partial charge >= 0.3 is 0 Å². The third-order valence-corrected chi connectivity index (χ3v) is 3.36. The summed E-state index contributed by atoms with van der Waals surface area (Å²) >= 11 is 0. The van der Waals surface area contributed by atoms with Crippen LogP contribution in [0.1, 0.15) is 12.5 Å². The van der Waals surface area contributed by atoms with Gasteiger partial charge in [0.1, 0.15) is 6.54 Å². The molecule has 114 valence electrons. The number of nitrogens with zero attached hydrogens (tertiary/aromatic N) is 2. The SMILES string of the molecule is CCc1cccc(NC(N)=NCC(=O)N2CCOCC2)c1. The van der Waals surface area contributed by atoms with Crippen LogP contribution in [0.5, 0.6) is 0 Å². The minimum Gasteiger partial charge on any atom is -0.378 e. The third kappa shape index (κ3) is 4.75. The molecule has 0 atom stereocenters. The van der Waals surface area contributed by atoms with Crippen LogP contribution in [0.4, 0.5) is 5.69 Å². The number of amides is 1. The number of anilines is 1.